The van der Waals surface area contributed by atoms with Crippen molar-refractivity contribution < 1.29 is 14.0 Å². The first-order valence-electron chi connectivity index (χ1n) is 6.48. The number of likely N-dealkylation sites (tertiary alicyclic amines) is 1. The largest absolute Gasteiger partial charge is 0.347 e. The van der Waals surface area contributed by atoms with E-state index in [-0.39, 0.29) is 5.82 Å². The van der Waals surface area contributed by atoms with Crippen molar-refractivity contribution in [3.63, 3.8) is 0 Å². The second-order valence-corrected chi connectivity index (χ2v) is 4.63. The van der Waals surface area contributed by atoms with Crippen molar-refractivity contribution in [3.05, 3.63) is 35.6 Å². The minimum absolute atomic E-state index is 0.281. The van der Waals surface area contributed by atoms with Gasteiger partial charge in [0.25, 0.3) is 0 Å². The van der Waals surface area contributed by atoms with Crippen LogP contribution in [0.5, 0.6) is 0 Å². The van der Waals surface area contributed by atoms with E-state index in [2.05, 4.69) is 5.32 Å². The smallest absolute Gasteiger partial charge is 0.311 e. The van der Waals surface area contributed by atoms with Crippen LogP contribution in [-0.4, -0.2) is 36.3 Å². The van der Waals surface area contributed by atoms with Crippen LogP contribution in [0.4, 0.5) is 4.39 Å². The van der Waals surface area contributed by atoms with E-state index in [1.165, 1.54) is 12.1 Å². The zero-order valence-electron chi connectivity index (χ0n) is 10.7. The molecule has 2 rings (SSSR count). The van der Waals surface area contributed by atoms with Crippen molar-refractivity contribution in [2.45, 2.75) is 19.3 Å². The second-order valence-electron chi connectivity index (χ2n) is 4.63. The third kappa shape index (κ3) is 3.77. The molecule has 5 heteroatoms. The van der Waals surface area contributed by atoms with Crippen molar-refractivity contribution in [1.29, 1.82) is 0 Å². The first kappa shape index (κ1) is 13.5. The molecule has 0 aromatic heterocycles. The summed E-state index contributed by atoms with van der Waals surface area (Å²) in [5.74, 6) is -1.28. The summed E-state index contributed by atoms with van der Waals surface area (Å²) in [6.45, 7) is 1.72. The van der Waals surface area contributed by atoms with Crippen molar-refractivity contribution in [2.24, 2.45) is 0 Å². The minimum Gasteiger partial charge on any atom is -0.347 e. The van der Waals surface area contributed by atoms with Gasteiger partial charge in [-0.05, 0) is 37.0 Å². The third-order valence-electron chi connectivity index (χ3n) is 3.20. The number of carbonyl (C=O) groups is 2. The van der Waals surface area contributed by atoms with Gasteiger partial charge >= 0.3 is 11.8 Å². The standard InChI is InChI=1S/C14H17FN2O2/c15-12-5-3-11(4-6-12)7-8-16-13(18)14(19)17-9-1-2-10-17/h3-6H,1-2,7-10H2,(H,16,18). The average Bonchev–Trinajstić information content (AvgIpc) is 2.94. The van der Waals surface area contributed by atoms with E-state index in [1.807, 2.05) is 0 Å². The number of hydrogen-bond acceptors (Lipinski definition) is 2. The van der Waals surface area contributed by atoms with E-state index in [0.29, 0.717) is 26.1 Å². The highest BCUT2D eigenvalue weighted by Crippen LogP contribution is 2.07. The van der Waals surface area contributed by atoms with Gasteiger partial charge in [0, 0.05) is 19.6 Å². The Hall–Kier alpha value is -1.91. The molecule has 1 fully saturated rings. The number of hydrogen-bond donors (Lipinski definition) is 1. The quantitative estimate of drug-likeness (QED) is 0.831. The Morgan fingerprint density at radius 3 is 2.42 bits per heavy atom. The summed E-state index contributed by atoms with van der Waals surface area (Å²) < 4.78 is 12.7. The fourth-order valence-corrected chi connectivity index (χ4v) is 2.11. The molecule has 0 aliphatic carbocycles. The van der Waals surface area contributed by atoms with E-state index < -0.39 is 11.8 Å². The van der Waals surface area contributed by atoms with Gasteiger partial charge in [-0.15, -0.1) is 0 Å². The van der Waals surface area contributed by atoms with Gasteiger partial charge in [0.05, 0.1) is 0 Å². The maximum absolute atomic E-state index is 12.7. The predicted octanol–water partition coefficient (Wildman–Crippen LogP) is 1.11. The fourth-order valence-electron chi connectivity index (χ4n) is 2.11. The molecule has 1 N–H and O–H groups in total. The summed E-state index contributed by atoms with van der Waals surface area (Å²) in [5, 5.41) is 2.60. The van der Waals surface area contributed by atoms with E-state index in [4.69, 9.17) is 0 Å². The van der Waals surface area contributed by atoms with Crippen LogP contribution in [0.25, 0.3) is 0 Å². The van der Waals surface area contributed by atoms with Crippen LogP contribution in [-0.2, 0) is 16.0 Å². The Kier molecular flexibility index (Phi) is 4.49. The molecule has 0 atom stereocenters. The lowest BCUT2D eigenvalue weighted by Gasteiger charge is -2.14. The molecule has 0 saturated carbocycles. The van der Waals surface area contributed by atoms with Crippen LogP contribution in [0.2, 0.25) is 0 Å². The average molecular weight is 264 g/mol. The van der Waals surface area contributed by atoms with Gasteiger partial charge in [-0.3, -0.25) is 9.59 Å². The zero-order chi connectivity index (χ0) is 13.7. The molecule has 1 aliphatic heterocycles. The molecule has 0 unspecified atom stereocenters. The summed E-state index contributed by atoms with van der Waals surface area (Å²) in [4.78, 5) is 24.9. The summed E-state index contributed by atoms with van der Waals surface area (Å²) >= 11 is 0. The van der Waals surface area contributed by atoms with E-state index in [9.17, 15) is 14.0 Å². The summed E-state index contributed by atoms with van der Waals surface area (Å²) in [5.41, 5.74) is 0.926. The second kappa shape index (κ2) is 6.31. The molecule has 1 aliphatic rings. The lowest BCUT2D eigenvalue weighted by molar-refractivity contribution is -0.145. The third-order valence-corrected chi connectivity index (χ3v) is 3.20. The van der Waals surface area contributed by atoms with Crippen molar-refractivity contribution in [3.8, 4) is 0 Å². The van der Waals surface area contributed by atoms with Gasteiger partial charge in [-0.25, -0.2) is 4.39 Å². The number of carbonyl (C=O) groups excluding carboxylic acids is 2. The topological polar surface area (TPSA) is 49.4 Å². The van der Waals surface area contributed by atoms with Crippen molar-refractivity contribution in [1.82, 2.24) is 10.2 Å². The van der Waals surface area contributed by atoms with Gasteiger partial charge in [0.2, 0.25) is 0 Å². The molecule has 4 nitrogen and oxygen atoms in total. The Balaban J connectivity index is 1.74. The fraction of sp³-hybridized carbons (Fsp3) is 0.429. The number of rotatable bonds is 3. The highest BCUT2D eigenvalue weighted by Gasteiger charge is 2.23. The van der Waals surface area contributed by atoms with Gasteiger partial charge in [-0.2, -0.15) is 0 Å². The Morgan fingerprint density at radius 1 is 1.16 bits per heavy atom. The first-order chi connectivity index (χ1) is 9.16. The van der Waals surface area contributed by atoms with E-state index >= 15 is 0 Å². The molecule has 1 heterocycles. The number of benzene rings is 1. The molecule has 1 aromatic rings. The Bertz CT molecular complexity index is 453. The van der Waals surface area contributed by atoms with Gasteiger partial charge in [-0.1, -0.05) is 12.1 Å². The highest BCUT2D eigenvalue weighted by atomic mass is 19.1. The van der Waals surface area contributed by atoms with Crippen LogP contribution in [0.3, 0.4) is 0 Å². The molecule has 0 bridgehead atoms. The maximum atomic E-state index is 12.7. The van der Waals surface area contributed by atoms with Gasteiger partial charge in [0.1, 0.15) is 5.82 Å². The molecular weight excluding hydrogens is 247 g/mol. The number of nitrogens with zero attached hydrogens (tertiary/aromatic N) is 1. The molecule has 1 aromatic carbocycles. The van der Waals surface area contributed by atoms with Gasteiger partial charge in [0.15, 0.2) is 0 Å². The predicted molar refractivity (Wildman–Crippen MR) is 68.9 cm³/mol. The van der Waals surface area contributed by atoms with Crippen LogP contribution < -0.4 is 5.32 Å². The zero-order valence-corrected chi connectivity index (χ0v) is 10.7. The Labute approximate surface area is 111 Å². The minimum atomic E-state index is -0.552. The molecule has 1 saturated heterocycles. The lowest BCUT2D eigenvalue weighted by atomic mass is 10.1. The molecule has 0 spiro atoms. The molecule has 19 heavy (non-hydrogen) atoms. The summed E-state index contributed by atoms with van der Waals surface area (Å²) in [6, 6.07) is 6.10. The van der Waals surface area contributed by atoms with E-state index in [0.717, 1.165) is 18.4 Å². The highest BCUT2D eigenvalue weighted by molar-refractivity contribution is 6.35. The molecular formula is C14H17FN2O2. The summed E-state index contributed by atoms with van der Waals surface area (Å²) in [6.07, 6.45) is 2.52. The SMILES string of the molecule is O=C(NCCc1ccc(F)cc1)C(=O)N1CCCC1. The number of amides is 2. The molecule has 0 radical (unpaired) electrons. The van der Waals surface area contributed by atoms with Crippen LogP contribution in [0.1, 0.15) is 18.4 Å². The van der Waals surface area contributed by atoms with E-state index in [1.54, 1.807) is 17.0 Å². The van der Waals surface area contributed by atoms with Gasteiger partial charge < -0.3 is 10.2 Å². The van der Waals surface area contributed by atoms with Crippen LogP contribution >= 0.6 is 0 Å². The Morgan fingerprint density at radius 2 is 1.79 bits per heavy atom. The number of nitrogens with one attached hydrogen (secondary N) is 1. The van der Waals surface area contributed by atoms with Crippen LogP contribution in [0, 0.1) is 5.82 Å². The molecule has 2 amide bonds. The number of halogens is 1. The normalized spacial score (nSPS) is 14.5. The molecule has 102 valence electrons. The lowest BCUT2D eigenvalue weighted by Crippen LogP contribution is -2.42. The van der Waals surface area contributed by atoms with Crippen molar-refractivity contribution >= 4 is 11.8 Å². The monoisotopic (exact) mass is 264 g/mol. The van der Waals surface area contributed by atoms with Crippen LogP contribution in [0.15, 0.2) is 24.3 Å². The van der Waals surface area contributed by atoms with Crippen molar-refractivity contribution in [2.75, 3.05) is 19.6 Å². The summed E-state index contributed by atoms with van der Waals surface area (Å²) in [7, 11) is 0. The first-order valence-corrected chi connectivity index (χ1v) is 6.48. The maximum Gasteiger partial charge on any atom is 0.311 e.